The molecule has 3 atom stereocenters. The summed E-state index contributed by atoms with van der Waals surface area (Å²) in [5.74, 6) is 1.84. The molecule has 1 heteroatoms. The summed E-state index contributed by atoms with van der Waals surface area (Å²) in [5, 5.41) is 3.73. The highest BCUT2D eigenvalue weighted by molar-refractivity contribution is 5.08. The second-order valence-electron chi connectivity index (χ2n) is 8.10. The number of hydrogen-bond donors (Lipinski definition) is 1. The van der Waals surface area contributed by atoms with Crippen molar-refractivity contribution in [1.82, 2.24) is 5.32 Å². The third-order valence-electron chi connectivity index (χ3n) is 5.40. The van der Waals surface area contributed by atoms with Crippen molar-refractivity contribution in [2.45, 2.75) is 66.3 Å². The molecule has 0 aromatic carbocycles. The van der Waals surface area contributed by atoms with Crippen LogP contribution in [0.5, 0.6) is 0 Å². The van der Waals surface area contributed by atoms with E-state index < -0.39 is 0 Å². The van der Waals surface area contributed by atoms with Gasteiger partial charge in [0.15, 0.2) is 0 Å². The van der Waals surface area contributed by atoms with Gasteiger partial charge in [-0.3, -0.25) is 0 Å². The molecule has 16 heavy (non-hydrogen) atoms. The lowest BCUT2D eigenvalue weighted by Gasteiger charge is -2.44. The van der Waals surface area contributed by atoms with Gasteiger partial charge in [0.1, 0.15) is 0 Å². The SMILES string of the molecule is CC(C)(C)NCC1C2(C)CCC(C2)C1(C)C. The summed E-state index contributed by atoms with van der Waals surface area (Å²) in [5.41, 5.74) is 1.42. The van der Waals surface area contributed by atoms with Crippen LogP contribution in [0.1, 0.15) is 60.8 Å². The maximum absolute atomic E-state index is 3.73. The normalized spacial score (nSPS) is 41.6. The Balaban J connectivity index is 2.08. The van der Waals surface area contributed by atoms with E-state index in [9.17, 15) is 0 Å². The second-order valence-corrected chi connectivity index (χ2v) is 8.10. The molecule has 0 spiro atoms. The summed E-state index contributed by atoms with van der Waals surface area (Å²) in [6, 6.07) is 0. The van der Waals surface area contributed by atoms with Crippen LogP contribution in [0.15, 0.2) is 0 Å². The van der Waals surface area contributed by atoms with Gasteiger partial charge in [0.05, 0.1) is 0 Å². The Morgan fingerprint density at radius 2 is 1.81 bits per heavy atom. The van der Waals surface area contributed by atoms with Gasteiger partial charge >= 0.3 is 0 Å². The maximum Gasteiger partial charge on any atom is 0.00966 e. The van der Waals surface area contributed by atoms with Crippen LogP contribution in [0.3, 0.4) is 0 Å². The van der Waals surface area contributed by atoms with Crippen LogP contribution >= 0.6 is 0 Å². The molecule has 3 unspecified atom stereocenters. The van der Waals surface area contributed by atoms with Crippen molar-refractivity contribution in [2.24, 2.45) is 22.7 Å². The van der Waals surface area contributed by atoms with Crippen LogP contribution in [0.2, 0.25) is 0 Å². The molecule has 0 amide bonds. The maximum atomic E-state index is 3.73. The molecule has 0 aromatic rings. The van der Waals surface area contributed by atoms with Gasteiger partial charge in [-0.2, -0.15) is 0 Å². The van der Waals surface area contributed by atoms with Gasteiger partial charge in [-0.05, 0) is 69.2 Å². The molecular formula is C15H29N. The van der Waals surface area contributed by atoms with E-state index in [0.29, 0.717) is 10.8 Å². The average Bonchev–Trinajstić information content (AvgIpc) is 2.52. The molecule has 0 radical (unpaired) electrons. The first-order valence-electron chi connectivity index (χ1n) is 6.90. The summed E-state index contributed by atoms with van der Waals surface area (Å²) in [6.07, 6.45) is 4.39. The molecule has 0 heterocycles. The van der Waals surface area contributed by atoms with Crippen LogP contribution in [0.4, 0.5) is 0 Å². The molecule has 2 bridgehead atoms. The zero-order valence-corrected chi connectivity index (χ0v) is 12.0. The molecule has 94 valence electrons. The minimum absolute atomic E-state index is 0.258. The van der Waals surface area contributed by atoms with Gasteiger partial charge in [0, 0.05) is 5.54 Å². The Labute approximate surface area is 101 Å². The van der Waals surface area contributed by atoms with E-state index in [1.807, 2.05) is 0 Å². The highest BCUT2D eigenvalue weighted by atomic mass is 15.0. The van der Waals surface area contributed by atoms with E-state index in [0.717, 1.165) is 11.8 Å². The molecule has 2 rings (SSSR count). The van der Waals surface area contributed by atoms with E-state index >= 15 is 0 Å². The van der Waals surface area contributed by atoms with Crippen molar-refractivity contribution in [3.8, 4) is 0 Å². The predicted molar refractivity (Wildman–Crippen MR) is 70.5 cm³/mol. The lowest BCUT2D eigenvalue weighted by molar-refractivity contribution is 0.0686. The Hall–Kier alpha value is -0.0400. The largest absolute Gasteiger partial charge is 0.312 e. The number of nitrogens with one attached hydrogen (secondary N) is 1. The van der Waals surface area contributed by atoms with Crippen LogP contribution in [-0.4, -0.2) is 12.1 Å². The lowest BCUT2D eigenvalue weighted by Crippen LogP contribution is -2.47. The Bertz CT molecular complexity index is 269. The van der Waals surface area contributed by atoms with E-state index in [4.69, 9.17) is 0 Å². The highest BCUT2D eigenvalue weighted by Crippen LogP contribution is 2.65. The summed E-state index contributed by atoms with van der Waals surface area (Å²) in [4.78, 5) is 0. The Morgan fingerprint density at radius 3 is 2.25 bits per heavy atom. The molecule has 2 saturated carbocycles. The zero-order chi connectivity index (χ0) is 12.2. The minimum Gasteiger partial charge on any atom is -0.312 e. The lowest BCUT2D eigenvalue weighted by atomic mass is 9.64. The van der Waals surface area contributed by atoms with Crippen molar-refractivity contribution in [3.05, 3.63) is 0 Å². The topological polar surface area (TPSA) is 12.0 Å². The van der Waals surface area contributed by atoms with Crippen molar-refractivity contribution >= 4 is 0 Å². The highest BCUT2D eigenvalue weighted by Gasteiger charge is 2.58. The van der Waals surface area contributed by atoms with Crippen LogP contribution in [-0.2, 0) is 0 Å². The van der Waals surface area contributed by atoms with Gasteiger partial charge in [0.25, 0.3) is 0 Å². The van der Waals surface area contributed by atoms with Gasteiger partial charge < -0.3 is 5.32 Å². The fourth-order valence-corrected chi connectivity index (χ4v) is 4.32. The fraction of sp³-hybridized carbons (Fsp3) is 1.00. The van der Waals surface area contributed by atoms with Crippen molar-refractivity contribution in [2.75, 3.05) is 6.54 Å². The monoisotopic (exact) mass is 223 g/mol. The van der Waals surface area contributed by atoms with Crippen molar-refractivity contribution in [1.29, 1.82) is 0 Å². The van der Waals surface area contributed by atoms with Crippen LogP contribution < -0.4 is 5.32 Å². The molecule has 0 saturated heterocycles. The van der Waals surface area contributed by atoms with E-state index in [1.54, 1.807) is 0 Å². The molecule has 2 fully saturated rings. The zero-order valence-electron chi connectivity index (χ0n) is 12.0. The molecule has 0 aliphatic heterocycles. The molecule has 2 aliphatic rings. The first-order valence-corrected chi connectivity index (χ1v) is 6.90. The first-order chi connectivity index (χ1) is 7.15. The van der Waals surface area contributed by atoms with Gasteiger partial charge in [0.2, 0.25) is 0 Å². The molecule has 1 N–H and O–H groups in total. The first kappa shape index (κ1) is 12.4. The third kappa shape index (κ3) is 1.92. The van der Waals surface area contributed by atoms with Gasteiger partial charge in [-0.15, -0.1) is 0 Å². The van der Waals surface area contributed by atoms with E-state index in [2.05, 4.69) is 46.9 Å². The van der Waals surface area contributed by atoms with Crippen molar-refractivity contribution in [3.63, 3.8) is 0 Å². The van der Waals surface area contributed by atoms with E-state index in [-0.39, 0.29) is 5.54 Å². The Kier molecular flexibility index (Phi) is 2.70. The van der Waals surface area contributed by atoms with Crippen LogP contribution in [0.25, 0.3) is 0 Å². The summed E-state index contributed by atoms with van der Waals surface area (Å²) in [6.45, 7) is 15.5. The standard InChI is InChI=1S/C15H29N/c1-13(2,3)16-10-12-14(4,5)11-7-8-15(12,6)9-11/h11-12,16H,7-10H2,1-6H3. The van der Waals surface area contributed by atoms with E-state index in [1.165, 1.54) is 25.8 Å². The van der Waals surface area contributed by atoms with Gasteiger partial charge in [-0.1, -0.05) is 20.8 Å². The smallest absolute Gasteiger partial charge is 0.00966 e. The Morgan fingerprint density at radius 1 is 1.19 bits per heavy atom. The predicted octanol–water partition coefficient (Wildman–Crippen LogP) is 3.84. The number of hydrogen-bond acceptors (Lipinski definition) is 1. The average molecular weight is 223 g/mol. The minimum atomic E-state index is 0.258. The molecular weight excluding hydrogens is 194 g/mol. The second kappa shape index (κ2) is 3.48. The third-order valence-corrected chi connectivity index (χ3v) is 5.40. The summed E-state index contributed by atoms with van der Waals surface area (Å²) < 4.78 is 0. The summed E-state index contributed by atoms with van der Waals surface area (Å²) in [7, 11) is 0. The van der Waals surface area contributed by atoms with Gasteiger partial charge in [-0.25, -0.2) is 0 Å². The molecule has 0 aromatic heterocycles. The summed E-state index contributed by atoms with van der Waals surface area (Å²) >= 11 is 0. The fourth-order valence-electron chi connectivity index (χ4n) is 4.32. The number of fused-ring (bicyclic) bond motifs is 2. The number of rotatable bonds is 2. The molecule has 1 nitrogen and oxygen atoms in total. The molecule has 2 aliphatic carbocycles. The quantitative estimate of drug-likeness (QED) is 0.750. The van der Waals surface area contributed by atoms with Crippen LogP contribution in [0, 0.1) is 22.7 Å². The van der Waals surface area contributed by atoms with Crippen molar-refractivity contribution < 1.29 is 0 Å².